The van der Waals surface area contributed by atoms with Gasteiger partial charge in [-0.05, 0) is 37.9 Å². The first-order chi connectivity index (χ1) is 7.34. The van der Waals surface area contributed by atoms with Gasteiger partial charge < -0.3 is 5.73 Å². The fraction of sp³-hybridized carbons (Fsp3) is 0.846. The summed E-state index contributed by atoms with van der Waals surface area (Å²) in [7, 11) is 0. The van der Waals surface area contributed by atoms with Crippen LogP contribution in [0.2, 0.25) is 0 Å². The highest BCUT2D eigenvalue weighted by Gasteiger charge is 2.20. The molecule has 2 heteroatoms. The largest absolute Gasteiger partial charge is 0.327 e. The Morgan fingerprint density at radius 1 is 1.33 bits per heavy atom. The number of hydrogen-bond donors (Lipinski definition) is 1. The number of thioether (sulfide) groups is 1. The molecule has 1 rings (SSSR count). The Balaban J connectivity index is 2.01. The van der Waals surface area contributed by atoms with Gasteiger partial charge in [-0.3, -0.25) is 0 Å². The zero-order valence-corrected chi connectivity index (χ0v) is 10.6. The van der Waals surface area contributed by atoms with Crippen LogP contribution in [-0.2, 0) is 0 Å². The van der Waals surface area contributed by atoms with Gasteiger partial charge in [0.25, 0.3) is 0 Å². The van der Waals surface area contributed by atoms with Crippen molar-refractivity contribution in [3.8, 4) is 0 Å². The second-order valence-corrected chi connectivity index (χ2v) is 5.84. The number of rotatable bonds is 7. The molecule has 0 aromatic carbocycles. The summed E-state index contributed by atoms with van der Waals surface area (Å²) >= 11 is 2.10. The lowest BCUT2D eigenvalue weighted by molar-refractivity contribution is 0.503. The van der Waals surface area contributed by atoms with Crippen LogP contribution in [0.5, 0.6) is 0 Å². The summed E-state index contributed by atoms with van der Waals surface area (Å²) in [6.07, 6.45) is 12.4. The Labute approximate surface area is 98.9 Å². The van der Waals surface area contributed by atoms with E-state index in [1.54, 1.807) is 0 Å². The van der Waals surface area contributed by atoms with Gasteiger partial charge in [-0.1, -0.05) is 25.3 Å². The van der Waals surface area contributed by atoms with E-state index >= 15 is 0 Å². The molecule has 0 radical (unpaired) electrons. The van der Waals surface area contributed by atoms with Crippen molar-refractivity contribution in [1.82, 2.24) is 0 Å². The van der Waals surface area contributed by atoms with Gasteiger partial charge in [0.2, 0.25) is 0 Å². The molecule has 2 atom stereocenters. The van der Waals surface area contributed by atoms with Gasteiger partial charge in [0.15, 0.2) is 0 Å². The standard InChI is InChI=1S/C13H25NS/c1-2-3-4-5-6-9-12(14)13-10-7-8-11-15-13/h2,12-13H,1,3-11,14H2. The lowest BCUT2D eigenvalue weighted by Gasteiger charge is -2.26. The summed E-state index contributed by atoms with van der Waals surface area (Å²) in [5.41, 5.74) is 6.22. The van der Waals surface area contributed by atoms with E-state index < -0.39 is 0 Å². The Hall–Kier alpha value is 0.0500. The Kier molecular flexibility index (Phi) is 7.20. The molecule has 1 fully saturated rings. The summed E-state index contributed by atoms with van der Waals surface area (Å²) in [6.45, 7) is 3.74. The molecule has 0 spiro atoms. The molecule has 1 aliphatic heterocycles. The van der Waals surface area contributed by atoms with Gasteiger partial charge in [0, 0.05) is 11.3 Å². The van der Waals surface area contributed by atoms with Gasteiger partial charge in [0.1, 0.15) is 0 Å². The molecule has 15 heavy (non-hydrogen) atoms. The van der Waals surface area contributed by atoms with Crippen LogP contribution in [0.4, 0.5) is 0 Å². The molecular formula is C13H25NS. The highest BCUT2D eigenvalue weighted by Crippen LogP contribution is 2.28. The van der Waals surface area contributed by atoms with Gasteiger partial charge >= 0.3 is 0 Å². The monoisotopic (exact) mass is 227 g/mol. The average molecular weight is 227 g/mol. The molecule has 1 heterocycles. The van der Waals surface area contributed by atoms with Crippen molar-refractivity contribution in [3.05, 3.63) is 12.7 Å². The van der Waals surface area contributed by atoms with Gasteiger partial charge in [0.05, 0.1) is 0 Å². The van der Waals surface area contributed by atoms with Crippen LogP contribution in [0, 0.1) is 0 Å². The zero-order valence-electron chi connectivity index (χ0n) is 9.79. The lowest BCUT2D eigenvalue weighted by atomic mass is 10.0. The minimum Gasteiger partial charge on any atom is -0.327 e. The summed E-state index contributed by atoms with van der Waals surface area (Å²) in [5.74, 6) is 1.33. The van der Waals surface area contributed by atoms with Crippen LogP contribution in [-0.4, -0.2) is 17.0 Å². The predicted octanol–water partition coefficient (Wildman–Crippen LogP) is 3.74. The van der Waals surface area contributed by atoms with Gasteiger partial charge in [-0.15, -0.1) is 6.58 Å². The molecule has 1 aliphatic rings. The average Bonchev–Trinajstić information content (AvgIpc) is 2.30. The van der Waals surface area contributed by atoms with E-state index in [9.17, 15) is 0 Å². The third-order valence-corrected chi connectivity index (χ3v) is 4.68. The maximum absolute atomic E-state index is 6.22. The third kappa shape index (κ3) is 5.62. The van der Waals surface area contributed by atoms with Crippen molar-refractivity contribution in [1.29, 1.82) is 0 Å². The first-order valence-electron chi connectivity index (χ1n) is 6.32. The van der Waals surface area contributed by atoms with E-state index in [4.69, 9.17) is 5.73 Å². The summed E-state index contributed by atoms with van der Waals surface area (Å²) in [4.78, 5) is 0. The van der Waals surface area contributed by atoms with E-state index in [0.717, 1.165) is 11.7 Å². The Morgan fingerprint density at radius 2 is 2.20 bits per heavy atom. The minimum absolute atomic E-state index is 0.444. The molecule has 0 saturated carbocycles. The molecule has 88 valence electrons. The highest BCUT2D eigenvalue weighted by atomic mass is 32.2. The smallest absolute Gasteiger partial charge is 0.0199 e. The van der Waals surface area contributed by atoms with Crippen molar-refractivity contribution in [2.75, 3.05) is 5.75 Å². The SMILES string of the molecule is C=CCCCCCC(N)C1CCCCS1. The van der Waals surface area contributed by atoms with E-state index in [0.29, 0.717) is 6.04 Å². The van der Waals surface area contributed by atoms with Crippen LogP contribution in [0.3, 0.4) is 0 Å². The molecular weight excluding hydrogens is 202 g/mol. The predicted molar refractivity (Wildman–Crippen MR) is 71.4 cm³/mol. The number of hydrogen-bond acceptors (Lipinski definition) is 2. The van der Waals surface area contributed by atoms with Crippen molar-refractivity contribution in [2.45, 2.75) is 62.7 Å². The number of nitrogens with two attached hydrogens (primary N) is 1. The number of allylic oxidation sites excluding steroid dienone is 1. The molecule has 0 aromatic heterocycles. The lowest BCUT2D eigenvalue weighted by Crippen LogP contribution is -2.34. The minimum atomic E-state index is 0.444. The van der Waals surface area contributed by atoms with E-state index in [1.165, 1.54) is 50.7 Å². The van der Waals surface area contributed by atoms with Crippen molar-refractivity contribution < 1.29 is 0 Å². The first kappa shape index (κ1) is 13.1. The zero-order chi connectivity index (χ0) is 10.9. The molecule has 0 aromatic rings. The fourth-order valence-corrected chi connectivity index (χ4v) is 3.52. The van der Waals surface area contributed by atoms with Gasteiger partial charge in [-0.25, -0.2) is 0 Å². The fourth-order valence-electron chi connectivity index (χ4n) is 2.13. The molecule has 0 amide bonds. The maximum Gasteiger partial charge on any atom is 0.0199 e. The molecule has 1 saturated heterocycles. The first-order valence-corrected chi connectivity index (χ1v) is 7.37. The van der Waals surface area contributed by atoms with Crippen LogP contribution in [0.1, 0.15) is 51.4 Å². The Bertz CT molecular complexity index is 164. The second-order valence-electron chi connectivity index (χ2n) is 4.50. The molecule has 2 unspecified atom stereocenters. The highest BCUT2D eigenvalue weighted by molar-refractivity contribution is 8.00. The van der Waals surface area contributed by atoms with Crippen molar-refractivity contribution in [2.24, 2.45) is 5.73 Å². The second kappa shape index (κ2) is 8.23. The van der Waals surface area contributed by atoms with Crippen LogP contribution >= 0.6 is 11.8 Å². The van der Waals surface area contributed by atoms with E-state index in [2.05, 4.69) is 18.3 Å². The van der Waals surface area contributed by atoms with Crippen molar-refractivity contribution in [3.63, 3.8) is 0 Å². The Morgan fingerprint density at radius 3 is 2.87 bits per heavy atom. The summed E-state index contributed by atoms with van der Waals surface area (Å²) in [6, 6.07) is 0.444. The van der Waals surface area contributed by atoms with E-state index in [1.807, 2.05) is 6.08 Å². The van der Waals surface area contributed by atoms with E-state index in [-0.39, 0.29) is 0 Å². The maximum atomic E-state index is 6.22. The third-order valence-electron chi connectivity index (χ3n) is 3.14. The quantitative estimate of drug-likeness (QED) is 0.530. The van der Waals surface area contributed by atoms with Crippen LogP contribution < -0.4 is 5.73 Å². The van der Waals surface area contributed by atoms with Crippen LogP contribution in [0.25, 0.3) is 0 Å². The molecule has 0 aliphatic carbocycles. The van der Waals surface area contributed by atoms with Crippen molar-refractivity contribution >= 4 is 11.8 Å². The summed E-state index contributed by atoms with van der Waals surface area (Å²) in [5, 5.41) is 0.748. The van der Waals surface area contributed by atoms with Crippen LogP contribution in [0.15, 0.2) is 12.7 Å². The molecule has 2 N–H and O–H groups in total. The molecule has 1 nitrogen and oxygen atoms in total. The molecule has 0 bridgehead atoms. The number of unbranched alkanes of at least 4 members (excludes halogenated alkanes) is 3. The normalized spacial score (nSPS) is 23.7. The summed E-state index contributed by atoms with van der Waals surface area (Å²) < 4.78 is 0. The van der Waals surface area contributed by atoms with Gasteiger partial charge in [-0.2, -0.15) is 11.8 Å². The topological polar surface area (TPSA) is 26.0 Å².